The molecule has 144 valence electrons. The zero-order chi connectivity index (χ0) is 19.8. The van der Waals surface area contributed by atoms with E-state index in [4.69, 9.17) is 9.47 Å². The van der Waals surface area contributed by atoms with Gasteiger partial charge in [0.2, 0.25) is 0 Å². The molecule has 0 aliphatic rings. The minimum absolute atomic E-state index is 0.243. The highest BCUT2D eigenvalue weighted by atomic mass is 32.1. The highest BCUT2D eigenvalue weighted by Crippen LogP contribution is 2.21. The summed E-state index contributed by atoms with van der Waals surface area (Å²) in [5.41, 5.74) is 1.47. The predicted molar refractivity (Wildman–Crippen MR) is 110 cm³/mol. The van der Waals surface area contributed by atoms with Gasteiger partial charge in [-0.2, -0.15) is 0 Å². The molecule has 28 heavy (non-hydrogen) atoms. The molecular formula is C21H20N2O4S. The van der Waals surface area contributed by atoms with E-state index in [1.807, 2.05) is 5.38 Å². The average Bonchev–Trinajstić information content (AvgIpc) is 3.25. The molecule has 0 bridgehead atoms. The van der Waals surface area contributed by atoms with Crippen molar-refractivity contribution >= 4 is 34.5 Å². The first kappa shape index (κ1) is 19.6. The summed E-state index contributed by atoms with van der Waals surface area (Å²) in [5.74, 6) is 0.140. The van der Waals surface area contributed by atoms with E-state index >= 15 is 0 Å². The molecular weight excluding hydrogens is 376 g/mol. The highest BCUT2D eigenvalue weighted by Gasteiger charge is 2.14. The van der Waals surface area contributed by atoms with Crippen LogP contribution in [0.15, 0.2) is 66.0 Å². The van der Waals surface area contributed by atoms with Crippen LogP contribution in [0.2, 0.25) is 0 Å². The van der Waals surface area contributed by atoms with Gasteiger partial charge in [0.25, 0.3) is 11.8 Å². The second-order valence-corrected chi connectivity index (χ2v) is 6.74. The van der Waals surface area contributed by atoms with Gasteiger partial charge in [-0.3, -0.25) is 9.59 Å². The summed E-state index contributed by atoms with van der Waals surface area (Å²) in [6.45, 7) is 0.964. The molecule has 6 nitrogen and oxygen atoms in total. The molecule has 0 aliphatic carbocycles. The lowest BCUT2D eigenvalue weighted by Gasteiger charge is -2.11. The van der Waals surface area contributed by atoms with Crippen LogP contribution in [0.25, 0.3) is 0 Å². The molecule has 2 aromatic carbocycles. The number of thiophene rings is 1. The third-order valence-electron chi connectivity index (χ3n) is 3.83. The van der Waals surface area contributed by atoms with E-state index in [1.54, 1.807) is 67.8 Å². The number of methoxy groups -OCH3 is 1. The van der Waals surface area contributed by atoms with E-state index in [0.29, 0.717) is 40.8 Å². The summed E-state index contributed by atoms with van der Waals surface area (Å²) >= 11 is 1.34. The number of para-hydroxylation sites is 1. The Morgan fingerprint density at radius 3 is 2.39 bits per heavy atom. The number of carbonyl (C=O) groups is 2. The Hall–Kier alpha value is -3.16. The number of hydrogen-bond donors (Lipinski definition) is 2. The minimum Gasteiger partial charge on any atom is -0.491 e. The Bertz CT molecular complexity index is 924. The number of ether oxygens (including phenoxy) is 2. The maximum absolute atomic E-state index is 12.7. The van der Waals surface area contributed by atoms with Crippen molar-refractivity contribution in [2.45, 2.75) is 0 Å². The number of anilines is 2. The summed E-state index contributed by atoms with van der Waals surface area (Å²) in [6.07, 6.45) is 0. The van der Waals surface area contributed by atoms with Crippen LogP contribution in [0.5, 0.6) is 5.75 Å². The third-order valence-corrected chi connectivity index (χ3v) is 4.70. The van der Waals surface area contributed by atoms with Gasteiger partial charge < -0.3 is 20.1 Å². The first-order valence-electron chi connectivity index (χ1n) is 8.64. The molecule has 2 amide bonds. The summed E-state index contributed by atoms with van der Waals surface area (Å²) in [7, 11) is 1.61. The highest BCUT2D eigenvalue weighted by molar-refractivity contribution is 7.12. The molecule has 0 spiro atoms. The van der Waals surface area contributed by atoms with Crippen LogP contribution in [-0.4, -0.2) is 32.1 Å². The smallest absolute Gasteiger partial charge is 0.265 e. The Balaban J connectivity index is 1.66. The zero-order valence-corrected chi connectivity index (χ0v) is 16.1. The fourth-order valence-corrected chi connectivity index (χ4v) is 3.08. The molecule has 0 saturated carbocycles. The SMILES string of the molecule is COCCOc1ccc(NC(=O)c2ccccc2NC(=O)c2cccs2)cc1. The molecule has 2 N–H and O–H groups in total. The number of amides is 2. The van der Waals surface area contributed by atoms with Gasteiger partial charge in [-0.25, -0.2) is 0 Å². The van der Waals surface area contributed by atoms with Gasteiger partial charge >= 0.3 is 0 Å². The van der Waals surface area contributed by atoms with Crippen LogP contribution >= 0.6 is 11.3 Å². The van der Waals surface area contributed by atoms with Crippen molar-refractivity contribution in [1.82, 2.24) is 0 Å². The molecule has 0 aliphatic heterocycles. The maximum atomic E-state index is 12.7. The maximum Gasteiger partial charge on any atom is 0.265 e. The van der Waals surface area contributed by atoms with Crippen molar-refractivity contribution in [3.8, 4) is 5.75 Å². The molecule has 0 fully saturated rings. The monoisotopic (exact) mass is 396 g/mol. The second kappa shape index (κ2) is 9.68. The molecule has 1 heterocycles. The van der Waals surface area contributed by atoms with Crippen LogP contribution in [0.4, 0.5) is 11.4 Å². The summed E-state index contributed by atoms with van der Waals surface area (Å²) in [5, 5.41) is 7.46. The largest absolute Gasteiger partial charge is 0.491 e. The van der Waals surface area contributed by atoms with Crippen molar-refractivity contribution in [1.29, 1.82) is 0 Å². The lowest BCUT2D eigenvalue weighted by atomic mass is 10.1. The van der Waals surface area contributed by atoms with Crippen molar-refractivity contribution in [2.75, 3.05) is 31.0 Å². The first-order valence-corrected chi connectivity index (χ1v) is 9.52. The van der Waals surface area contributed by atoms with Gasteiger partial charge in [-0.05, 0) is 47.8 Å². The Labute approximate surface area is 167 Å². The van der Waals surface area contributed by atoms with E-state index in [9.17, 15) is 9.59 Å². The topological polar surface area (TPSA) is 76.7 Å². The molecule has 0 unspecified atom stereocenters. The lowest BCUT2D eigenvalue weighted by Crippen LogP contribution is -2.17. The van der Waals surface area contributed by atoms with Gasteiger partial charge in [0.05, 0.1) is 22.7 Å². The minimum atomic E-state index is -0.310. The van der Waals surface area contributed by atoms with Gasteiger partial charge in [0, 0.05) is 12.8 Å². The summed E-state index contributed by atoms with van der Waals surface area (Å²) in [4.78, 5) is 25.6. The normalized spacial score (nSPS) is 10.3. The second-order valence-electron chi connectivity index (χ2n) is 5.80. The number of hydrogen-bond acceptors (Lipinski definition) is 5. The Morgan fingerprint density at radius 2 is 1.68 bits per heavy atom. The molecule has 0 radical (unpaired) electrons. The summed E-state index contributed by atoms with van der Waals surface area (Å²) < 4.78 is 10.4. The molecule has 7 heteroatoms. The molecule has 0 atom stereocenters. The van der Waals surface area contributed by atoms with E-state index in [1.165, 1.54) is 11.3 Å². The van der Waals surface area contributed by atoms with Crippen LogP contribution in [0, 0.1) is 0 Å². The van der Waals surface area contributed by atoms with E-state index < -0.39 is 0 Å². The molecule has 3 rings (SSSR count). The first-order chi connectivity index (χ1) is 13.7. The van der Waals surface area contributed by atoms with Crippen LogP contribution in [0.3, 0.4) is 0 Å². The average molecular weight is 396 g/mol. The lowest BCUT2D eigenvalue weighted by molar-refractivity contribution is 0.102. The molecule has 0 saturated heterocycles. The number of benzene rings is 2. The van der Waals surface area contributed by atoms with Crippen LogP contribution < -0.4 is 15.4 Å². The van der Waals surface area contributed by atoms with Crippen molar-refractivity contribution in [3.63, 3.8) is 0 Å². The van der Waals surface area contributed by atoms with Crippen molar-refractivity contribution in [2.24, 2.45) is 0 Å². The molecule has 1 aromatic heterocycles. The van der Waals surface area contributed by atoms with Crippen LogP contribution in [0.1, 0.15) is 20.0 Å². The Morgan fingerprint density at radius 1 is 0.893 bits per heavy atom. The quantitative estimate of drug-likeness (QED) is 0.557. The van der Waals surface area contributed by atoms with Gasteiger partial charge in [0.1, 0.15) is 12.4 Å². The fourth-order valence-electron chi connectivity index (χ4n) is 2.46. The number of rotatable bonds is 8. The standard InChI is InChI=1S/C21H20N2O4S/c1-26-12-13-27-16-10-8-15(9-11-16)22-20(24)17-5-2-3-6-18(17)23-21(25)19-7-4-14-28-19/h2-11,14H,12-13H2,1H3,(H,22,24)(H,23,25). The third kappa shape index (κ3) is 5.18. The molecule has 3 aromatic rings. The Kier molecular flexibility index (Phi) is 6.78. The zero-order valence-electron chi connectivity index (χ0n) is 15.3. The number of carbonyl (C=O) groups excluding carboxylic acids is 2. The van der Waals surface area contributed by atoms with Gasteiger partial charge in [-0.1, -0.05) is 18.2 Å². The van der Waals surface area contributed by atoms with Gasteiger partial charge in [-0.15, -0.1) is 11.3 Å². The van der Waals surface area contributed by atoms with Crippen molar-refractivity contribution in [3.05, 3.63) is 76.5 Å². The van der Waals surface area contributed by atoms with Gasteiger partial charge in [0.15, 0.2) is 0 Å². The summed E-state index contributed by atoms with van der Waals surface area (Å²) in [6, 6.07) is 17.5. The van der Waals surface area contributed by atoms with E-state index in [0.717, 1.165) is 0 Å². The fraction of sp³-hybridized carbons (Fsp3) is 0.143. The van der Waals surface area contributed by atoms with Crippen LogP contribution in [-0.2, 0) is 4.74 Å². The van der Waals surface area contributed by atoms with E-state index in [-0.39, 0.29) is 11.8 Å². The van der Waals surface area contributed by atoms with Crippen molar-refractivity contribution < 1.29 is 19.1 Å². The predicted octanol–water partition coefficient (Wildman–Crippen LogP) is 4.28. The number of nitrogens with one attached hydrogen (secondary N) is 2. The van der Waals surface area contributed by atoms with E-state index in [2.05, 4.69) is 10.6 Å².